The van der Waals surface area contributed by atoms with Crippen molar-refractivity contribution in [2.75, 3.05) is 18.5 Å². The highest BCUT2D eigenvalue weighted by Crippen LogP contribution is 2.22. The SMILES string of the molecule is CCCNc1cc([N+](=O)[O-])cc(OCC(F)F)n1. The summed E-state index contributed by atoms with van der Waals surface area (Å²) in [5.41, 5.74) is -0.257. The Balaban J connectivity index is 2.87. The smallest absolute Gasteiger partial charge is 0.278 e. The van der Waals surface area contributed by atoms with Crippen LogP contribution in [0.3, 0.4) is 0 Å². The number of nitrogens with one attached hydrogen (secondary N) is 1. The molecule has 1 aromatic rings. The lowest BCUT2D eigenvalue weighted by molar-refractivity contribution is -0.384. The summed E-state index contributed by atoms with van der Waals surface area (Å²) in [6.45, 7) is 1.64. The Bertz CT molecular complexity index is 415. The van der Waals surface area contributed by atoms with Crippen molar-refractivity contribution in [1.29, 1.82) is 0 Å². The third-order valence-corrected chi connectivity index (χ3v) is 1.91. The highest BCUT2D eigenvalue weighted by atomic mass is 19.3. The van der Waals surface area contributed by atoms with Crippen molar-refractivity contribution in [3.63, 3.8) is 0 Å². The summed E-state index contributed by atoms with van der Waals surface area (Å²) in [7, 11) is 0. The van der Waals surface area contributed by atoms with Crippen LogP contribution in [0.2, 0.25) is 0 Å². The van der Waals surface area contributed by atoms with E-state index in [-0.39, 0.29) is 17.4 Å². The Morgan fingerprint density at radius 2 is 2.28 bits per heavy atom. The lowest BCUT2D eigenvalue weighted by atomic mass is 10.3. The number of pyridine rings is 1. The lowest BCUT2D eigenvalue weighted by Crippen LogP contribution is -2.10. The number of hydrogen-bond acceptors (Lipinski definition) is 5. The Morgan fingerprint density at radius 1 is 1.56 bits per heavy atom. The zero-order chi connectivity index (χ0) is 13.5. The normalized spacial score (nSPS) is 10.4. The second kappa shape index (κ2) is 6.67. The number of hydrogen-bond donors (Lipinski definition) is 1. The average Bonchev–Trinajstić information content (AvgIpc) is 2.33. The van der Waals surface area contributed by atoms with Gasteiger partial charge in [-0.1, -0.05) is 6.92 Å². The standard InChI is InChI=1S/C10H13F2N3O3/c1-2-3-13-9-4-7(15(16)17)5-10(14-9)18-6-8(11)12/h4-5,8H,2-3,6H2,1H3,(H,13,14). The van der Waals surface area contributed by atoms with Crippen molar-refractivity contribution in [3.05, 3.63) is 22.2 Å². The predicted octanol–water partition coefficient (Wildman–Crippen LogP) is 2.46. The summed E-state index contributed by atoms with van der Waals surface area (Å²) in [6, 6.07) is 2.24. The molecule has 1 N–H and O–H groups in total. The van der Waals surface area contributed by atoms with E-state index in [1.54, 1.807) is 0 Å². The Morgan fingerprint density at radius 3 is 2.83 bits per heavy atom. The Kier molecular flexibility index (Phi) is 5.22. The summed E-state index contributed by atoms with van der Waals surface area (Å²) in [4.78, 5) is 13.9. The summed E-state index contributed by atoms with van der Waals surface area (Å²) in [5, 5.41) is 13.5. The molecular formula is C10H13F2N3O3. The second-order valence-electron chi connectivity index (χ2n) is 3.43. The summed E-state index contributed by atoms with van der Waals surface area (Å²) in [6.07, 6.45) is -1.85. The monoisotopic (exact) mass is 261 g/mol. The van der Waals surface area contributed by atoms with Gasteiger partial charge in [-0.3, -0.25) is 10.1 Å². The number of nitro groups is 1. The fourth-order valence-corrected chi connectivity index (χ4v) is 1.16. The molecule has 1 rings (SSSR count). The van der Waals surface area contributed by atoms with Gasteiger partial charge < -0.3 is 10.1 Å². The zero-order valence-electron chi connectivity index (χ0n) is 9.73. The maximum Gasteiger partial charge on any atom is 0.278 e. The van der Waals surface area contributed by atoms with Gasteiger partial charge in [-0.05, 0) is 6.42 Å². The molecule has 0 saturated carbocycles. The van der Waals surface area contributed by atoms with E-state index in [4.69, 9.17) is 0 Å². The molecule has 8 heteroatoms. The first kappa shape index (κ1) is 14.1. The predicted molar refractivity (Wildman–Crippen MR) is 61.2 cm³/mol. The highest BCUT2D eigenvalue weighted by Gasteiger charge is 2.13. The number of anilines is 1. The van der Waals surface area contributed by atoms with E-state index in [9.17, 15) is 18.9 Å². The van der Waals surface area contributed by atoms with E-state index in [2.05, 4.69) is 15.0 Å². The molecule has 0 radical (unpaired) electrons. The number of nitrogens with zero attached hydrogens (tertiary/aromatic N) is 2. The van der Waals surface area contributed by atoms with Crippen molar-refractivity contribution >= 4 is 11.5 Å². The zero-order valence-corrected chi connectivity index (χ0v) is 9.73. The van der Waals surface area contributed by atoms with E-state index < -0.39 is 18.0 Å². The molecule has 0 bridgehead atoms. The molecule has 0 aliphatic carbocycles. The minimum Gasteiger partial charge on any atom is -0.471 e. The molecule has 0 aliphatic rings. The van der Waals surface area contributed by atoms with Crippen molar-refractivity contribution in [2.24, 2.45) is 0 Å². The summed E-state index contributed by atoms with van der Waals surface area (Å²) in [5.74, 6) is 0.0402. The topological polar surface area (TPSA) is 77.3 Å². The maximum absolute atomic E-state index is 12.0. The molecule has 18 heavy (non-hydrogen) atoms. The van der Waals surface area contributed by atoms with Crippen LogP contribution < -0.4 is 10.1 Å². The molecule has 0 amide bonds. The highest BCUT2D eigenvalue weighted by molar-refractivity contribution is 5.48. The molecule has 0 fully saturated rings. The minimum atomic E-state index is -2.65. The molecule has 0 aliphatic heterocycles. The molecule has 0 atom stereocenters. The molecular weight excluding hydrogens is 248 g/mol. The van der Waals surface area contributed by atoms with Gasteiger partial charge in [0.1, 0.15) is 5.82 Å². The summed E-state index contributed by atoms with van der Waals surface area (Å²) >= 11 is 0. The van der Waals surface area contributed by atoms with Crippen LogP contribution in [0.25, 0.3) is 0 Å². The Labute approximate surface area is 102 Å². The van der Waals surface area contributed by atoms with Crippen LogP contribution in [-0.2, 0) is 0 Å². The van der Waals surface area contributed by atoms with E-state index in [1.807, 2.05) is 6.92 Å². The van der Waals surface area contributed by atoms with Gasteiger partial charge >= 0.3 is 0 Å². The van der Waals surface area contributed by atoms with Crippen LogP contribution in [0.5, 0.6) is 5.88 Å². The van der Waals surface area contributed by atoms with Crippen LogP contribution in [0.1, 0.15) is 13.3 Å². The average molecular weight is 261 g/mol. The molecule has 0 aromatic carbocycles. The first-order valence-corrected chi connectivity index (χ1v) is 5.34. The van der Waals surface area contributed by atoms with Gasteiger partial charge in [-0.2, -0.15) is 4.98 Å². The van der Waals surface area contributed by atoms with Crippen LogP contribution in [0.15, 0.2) is 12.1 Å². The number of ether oxygens (including phenoxy) is 1. The van der Waals surface area contributed by atoms with Gasteiger partial charge in [0.05, 0.1) is 17.1 Å². The quantitative estimate of drug-likeness (QED) is 0.602. The minimum absolute atomic E-state index is 0.192. The second-order valence-corrected chi connectivity index (χ2v) is 3.43. The fraction of sp³-hybridized carbons (Fsp3) is 0.500. The lowest BCUT2D eigenvalue weighted by Gasteiger charge is -2.08. The fourth-order valence-electron chi connectivity index (χ4n) is 1.16. The molecule has 1 aromatic heterocycles. The van der Waals surface area contributed by atoms with Crippen molar-refractivity contribution in [1.82, 2.24) is 4.98 Å². The molecule has 100 valence electrons. The number of halogens is 2. The van der Waals surface area contributed by atoms with Crippen LogP contribution in [0, 0.1) is 10.1 Å². The van der Waals surface area contributed by atoms with Crippen molar-refractivity contribution < 1.29 is 18.4 Å². The first-order valence-electron chi connectivity index (χ1n) is 5.34. The molecule has 0 spiro atoms. The number of alkyl halides is 2. The van der Waals surface area contributed by atoms with Gasteiger partial charge in [0.25, 0.3) is 12.1 Å². The van der Waals surface area contributed by atoms with Crippen LogP contribution in [0.4, 0.5) is 20.3 Å². The third kappa shape index (κ3) is 4.48. The third-order valence-electron chi connectivity index (χ3n) is 1.91. The van der Waals surface area contributed by atoms with Gasteiger partial charge in [-0.25, -0.2) is 8.78 Å². The summed E-state index contributed by atoms with van der Waals surface area (Å²) < 4.78 is 28.6. The van der Waals surface area contributed by atoms with Crippen molar-refractivity contribution in [2.45, 2.75) is 19.8 Å². The van der Waals surface area contributed by atoms with E-state index >= 15 is 0 Å². The van der Waals surface area contributed by atoms with Gasteiger partial charge in [0, 0.05) is 6.54 Å². The van der Waals surface area contributed by atoms with E-state index in [0.717, 1.165) is 12.5 Å². The maximum atomic E-state index is 12.0. The van der Waals surface area contributed by atoms with E-state index in [0.29, 0.717) is 6.54 Å². The molecule has 0 unspecified atom stereocenters. The van der Waals surface area contributed by atoms with Crippen molar-refractivity contribution in [3.8, 4) is 5.88 Å². The number of rotatable bonds is 7. The van der Waals surface area contributed by atoms with Gasteiger partial charge in [-0.15, -0.1) is 0 Å². The number of aromatic nitrogens is 1. The molecule has 1 heterocycles. The van der Waals surface area contributed by atoms with E-state index in [1.165, 1.54) is 6.07 Å². The molecule has 0 saturated heterocycles. The van der Waals surface area contributed by atoms with Gasteiger partial charge in [0.2, 0.25) is 5.88 Å². The van der Waals surface area contributed by atoms with Gasteiger partial charge in [0.15, 0.2) is 6.61 Å². The largest absolute Gasteiger partial charge is 0.471 e. The van der Waals surface area contributed by atoms with Crippen LogP contribution >= 0.6 is 0 Å². The Hall–Kier alpha value is -1.99. The molecule has 6 nitrogen and oxygen atoms in total. The van der Waals surface area contributed by atoms with Crippen LogP contribution in [-0.4, -0.2) is 29.5 Å². The first-order chi connectivity index (χ1) is 8.52.